The number of ether oxygens (including phenoxy) is 1. The van der Waals surface area contributed by atoms with Gasteiger partial charge in [0, 0.05) is 18.7 Å². The molecule has 0 spiro atoms. The van der Waals surface area contributed by atoms with Crippen molar-refractivity contribution in [1.29, 1.82) is 0 Å². The molecule has 2 heterocycles. The van der Waals surface area contributed by atoms with E-state index in [0.717, 1.165) is 12.1 Å². The van der Waals surface area contributed by atoms with E-state index in [4.69, 9.17) is 9.57 Å². The third-order valence-corrected chi connectivity index (χ3v) is 4.39. The number of carbonyl (C=O) groups excluding carboxylic acids is 3. The fraction of sp³-hybridized carbons (Fsp3) is 0.632. The first-order valence-corrected chi connectivity index (χ1v) is 9.77. The number of likely N-dealkylation sites (tertiary alicyclic amines) is 1. The highest BCUT2D eigenvalue weighted by Gasteiger charge is 2.37. The van der Waals surface area contributed by atoms with Crippen molar-refractivity contribution in [3.05, 3.63) is 12.1 Å². The second-order valence-corrected chi connectivity index (χ2v) is 8.43. The summed E-state index contributed by atoms with van der Waals surface area (Å²) in [6.45, 7) is 9.20. The van der Waals surface area contributed by atoms with Crippen LogP contribution < -0.4 is 15.5 Å². The maximum Gasteiger partial charge on any atom is 0.433 e. The van der Waals surface area contributed by atoms with Crippen molar-refractivity contribution >= 4 is 18.1 Å². The van der Waals surface area contributed by atoms with Crippen molar-refractivity contribution in [3.8, 4) is 11.8 Å². The minimum atomic E-state index is -0.994. The minimum Gasteiger partial charge on any atom is -0.492 e. The van der Waals surface area contributed by atoms with Crippen LogP contribution in [-0.2, 0) is 9.53 Å². The van der Waals surface area contributed by atoms with Crippen LogP contribution in [0.3, 0.4) is 0 Å². The molecule has 168 valence electrons. The molecule has 1 fully saturated rings. The maximum absolute atomic E-state index is 12.8. The molecule has 0 bridgehead atoms. The van der Waals surface area contributed by atoms with Crippen LogP contribution in [0.2, 0.25) is 0 Å². The summed E-state index contributed by atoms with van der Waals surface area (Å²) in [6.07, 6.45) is -1.24. The number of amides is 3. The van der Waals surface area contributed by atoms with Gasteiger partial charge >= 0.3 is 12.2 Å². The van der Waals surface area contributed by atoms with E-state index in [1.54, 1.807) is 34.6 Å². The molecule has 1 aliphatic rings. The Labute approximate surface area is 174 Å². The quantitative estimate of drug-likeness (QED) is 0.523. The number of hydrogen-bond acceptors (Lipinski definition) is 7. The SMILES string of the molecule is CC(C)[C@@H](NC(=O)On1c(O)ccc1O)NC(=O)C1CCCN1C(=O)OC(C)(C)C. The summed E-state index contributed by atoms with van der Waals surface area (Å²) < 4.78 is 5.90. The number of aromatic nitrogens is 1. The molecule has 2 atom stereocenters. The second kappa shape index (κ2) is 9.14. The Hall–Kier alpha value is -3.11. The normalized spacial score (nSPS) is 17.5. The third-order valence-electron chi connectivity index (χ3n) is 4.39. The summed E-state index contributed by atoms with van der Waals surface area (Å²) in [4.78, 5) is 43.6. The van der Waals surface area contributed by atoms with Gasteiger partial charge in [-0.1, -0.05) is 13.8 Å². The molecule has 1 unspecified atom stereocenters. The standard InChI is InChI=1S/C19H30N4O7/c1-11(2)15(21-17(27)30-23-13(24)8-9-14(23)25)20-16(26)12-7-6-10-22(12)18(28)29-19(3,4)5/h8-9,11-12,15,24-25H,6-7,10H2,1-5H3,(H,20,26)(H,21,27)/t12?,15-/m1/s1. The van der Waals surface area contributed by atoms with E-state index >= 15 is 0 Å². The van der Waals surface area contributed by atoms with Crippen molar-refractivity contribution in [2.75, 3.05) is 6.54 Å². The van der Waals surface area contributed by atoms with Gasteiger partial charge in [0.25, 0.3) is 0 Å². The Balaban J connectivity index is 2.00. The lowest BCUT2D eigenvalue weighted by atomic mass is 10.1. The molecule has 0 radical (unpaired) electrons. The molecule has 1 saturated heterocycles. The topological polar surface area (TPSA) is 142 Å². The fourth-order valence-electron chi connectivity index (χ4n) is 2.93. The van der Waals surface area contributed by atoms with E-state index in [1.807, 2.05) is 0 Å². The van der Waals surface area contributed by atoms with Gasteiger partial charge in [-0.3, -0.25) is 15.0 Å². The first-order valence-electron chi connectivity index (χ1n) is 9.77. The first kappa shape index (κ1) is 23.2. The van der Waals surface area contributed by atoms with Crippen molar-refractivity contribution < 1.29 is 34.2 Å². The summed E-state index contributed by atoms with van der Waals surface area (Å²) in [5.74, 6) is -1.58. The number of rotatable bonds is 5. The predicted molar refractivity (Wildman–Crippen MR) is 106 cm³/mol. The lowest BCUT2D eigenvalue weighted by Gasteiger charge is -2.30. The van der Waals surface area contributed by atoms with Crippen LogP contribution in [-0.4, -0.2) is 62.3 Å². The number of carbonyl (C=O) groups is 3. The lowest BCUT2D eigenvalue weighted by Crippen LogP contribution is -2.57. The van der Waals surface area contributed by atoms with Gasteiger partial charge in [-0.25, -0.2) is 9.59 Å². The van der Waals surface area contributed by atoms with Gasteiger partial charge in [0.05, 0.1) is 0 Å². The molecule has 2 rings (SSSR count). The zero-order valence-electron chi connectivity index (χ0n) is 17.8. The lowest BCUT2D eigenvalue weighted by molar-refractivity contribution is -0.126. The van der Waals surface area contributed by atoms with Gasteiger partial charge < -0.3 is 25.1 Å². The number of nitrogens with zero attached hydrogens (tertiary/aromatic N) is 2. The van der Waals surface area contributed by atoms with Crippen LogP contribution >= 0.6 is 0 Å². The second-order valence-electron chi connectivity index (χ2n) is 8.43. The Morgan fingerprint density at radius 3 is 2.27 bits per heavy atom. The maximum atomic E-state index is 12.8. The van der Waals surface area contributed by atoms with Gasteiger partial charge in [0.1, 0.15) is 17.8 Å². The van der Waals surface area contributed by atoms with Gasteiger partial charge in [0.2, 0.25) is 17.7 Å². The van der Waals surface area contributed by atoms with Crippen molar-refractivity contribution in [3.63, 3.8) is 0 Å². The summed E-state index contributed by atoms with van der Waals surface area (Å²) >= 11 is 0. The average molecular weight is 426 g/mol. The third kappa shape index (κ3) is 5.94. The van der Waals surface area contributed by atoms with Gasteiger partial charge in [-0.2, -0.15) is 0 Å². The van der Waals surface area contributed by atoms with Crippen molar-refractivity contribution in [2.24, 2.45) is 5.92 Å². The van der Waals surface area contributed by atoms with Crippen LogP contribution in [0.1, 0.15) is 47.5 Å². The summed E-state index contributed by atoms with van der Waals surface area (Å²) in [5.41, 5.74) is -0.679. The van der Waals surface area contributed by atoms with Gasteiger partial charge in [-0.05, 0) is 39.5 Å². The molecule has 0 aliphatic carbocycles. The highest BCUT2D eigenvalue weighted by molar-refractivity contribution is 5.86. The Kier molecular flexibility index (Phi) is 7.06. The first-order chi connectivity index (χ1) is 13.9. The number of hydrogen-bond donors (Lipinski definition) is 4. The molecule has 1 aliphatic heterocycles. The molecule has 3 amide bonds. The zero-order chi connectivity index (χ0) is 22.6. The predicted octanol–water partition coefficient (Wildman–Crippen LogP) is 1.54. The summed E-state index contributed by atoms with van der Waals surface area (Å²) in [6, 6.07) is 1.59. The Bertz CT molecular complexity index is 765. The highest BCUT2D eigenvalue weighted by Crippen LogP contribution is 2.21. The zero-order valence-corrected chi connectivity index (χ0v) is 17.8. The van der Waals surface area contributed by atoms with E-state index in [0.29, 0.717) is 24.1 Å². The van der Waals surface area contributed by atoms with E-state index in [2.05, 4.69) is 10.6 Å². The van der Waals surface area contributed by atoms with Crippen LogP contribution in [0.25, 0.3) is 0 Å². The molecule has 1 aromatic heterocycles. The largest absolute Gasteiger partial charge is 0.492 e. The molecular formula is C19H30N4O7. The molecule has 1 aromatic rings. The fourth-order valence-corrected chi connectivity index (χ4v) is 2.93. The number of nitrogens with one attached hydrogen (secondary N) is 2. The Morgan fingerprint density at radius 2 is 1.73 bits per heavy atom. The average Bonchev–Trinajstić information content (AvgIpc) is 3.22. The van der Waals surface area contributed by atoms with Crippen molar-refractivity contribution in [2.45, 2.75) is 65.3 Å². The van der Waals surface area contributed by atoms with Crippen LogP contribution in [0.4, 0.5) is 9.59 Å². The molecule has 11 nitrogen and oxygen atoms in total. The number of aromatic hydroxyl groups is 2. The Morgan fingerprint density at radius 1 is 1.13 bits per heavy atom. The molecule has 30 heavy (non-hydrogen) atoms. The van der Waals surface area contributed by atoms with E-state index in [9.17, 15) is 24.6 Å². The molecule has 4 N–H and O–H groups in total. The molecule has 11 heteroatoms. The summed E-state index contributed by atoms with van der Waals surface area (Å²) in [5, 5.41) is 24.3. The highest BCUT2D eigenvalue weighted by atomic mass is 16.7. The summed E-state index contributed by atoms with van der Waals surface area (Å²) in [7, 11) is 0. The monoisotopic (exact) mass is 426 g/mol. The van der Waals surface area contributed by atoms with E-state index in [-0.39, 0.29) is 5.92 Å². The smallest absolute Gasteiger partial charge is 0.433 e. The van der Waals surface area contributed by atoms with Gasteiger partial charge in [0.15, 0.2) is 0 Å². The van der Waals surface area contributed by atoms with Crippen LogP contribution in [0, 0.1) is 5.92 Å². The van der Waals surface area contributed by atoms with Crippen molar-refractivity contribution in [1.82, 2.24) is 20.3 Å². The van der Waals surface area contributed by atoms with E-state index in [1.165, 1.54) is 4.90 Å². The van der Waals surface area contributed by atoms with Crippen LogP contribution in [0.15, 0.2) is 12.1 Å². The minimum absolute atomic E-state index is 0.218. The van der Waals surface area contributed by atoms with E-state index < -0.39 is 47.7 Å². The molecule has 0 aromatic carbocycles. The molecular weight excluding hydrogens is 396 g/mol. The van der Waals surface area contributed by atoms with Gasteiger partial charge in [-0.15, -0.1) is 4.73 Å². The van der Waals surface area contributed by atoms with Crippen LogP contribution in [0.5, 0.6) is 11.8 Å². The molecule has 0 saturated carbocycles.